The number of hydrogen-bond donors (Lipinski definition) is 0. The Bertz CT molecular complexity index is 1330. The molecular formula is C22H14BrClN4. The van der Waals surface area contributed by atoms with Crippen LogP contribution >= 0.6 is 27.5 Å². The van der Waals surface area contributed by atoms with E-state index in [4.69, 9.17) is 26.6 Å². The number of fused-ring (bicyclic) bond motifs is 2. The Hall–Kier alpha value is -2.76. The summed E-state index contributed by atoms with van der Waals surface area (Å²) in [5, 5.41) is 0.721. The normalized spacial score (nSPS) is 11.4. The van der Waals surface area contributed by atoms with E-state index in [1.165, 1.54) is 0 Å². The predicted octanol–water partition coefficient (Wildman–Crippen LogP) is 6.11. The monoisotopic (exact) mass is 448 g/mol. The van der Waals surface area contributed by atoms with Gasteiger partial charge in [0.25, 0.3) is 0 Å². The molecule has 0 fully saturated rings. The lowest BCUT2D eigenvalue weighted by Gasteiger charge is -2.10. The summed E-state index contributed by atoms with van der Waals surface area (Å²) >= 11 is 9.99. The van der Waals surface area contributed by atoms with E-state index in [0.717, 1.165) is 43.1 Å². The molecule has 5 rings (SSSR count). The van der Waals surface area contributed by atoms with E-state index >= 15 is 0 Å². The summed E-state index contributed by atoms with van der Waals surface area (Å²) in [7, 11) is 0. The van der Waals surface area contributed by atoms with Crippen LogP contribution in [0.4, 0.5) is 0 Å². The molecule has 0 spiro atoms. The molecule has 4 nitrogen and oxygen atoms in total. The van der Waals surface area contributed by atoms with E-state index in [1.807, 2.05) is 72.8 Å². The Balaban J connectivity index is 1.79. The maximum Gasteiger partial charge on any atom is 0.198 e. The fraction of sp³-hybridized carbons (Fsp3) is 0.0455. The second-order valence-corrected chi connectivity index (χ2v) is 7.81. The first-order valence-corrected chi connectivity index (χ1v) is 9.98. The van der Waals surface area contributed by atoms with Crippen molar-refractivity contribution in [2.45, 2.75) is 6.54 Å². The first kappa shape index (κ1) is 17.3. The molecule has 136 valence electrons. The molecule has 0 saturated carbocycles. The van der Waals surface area contributed by atoms with Crippen molar-refractivity contribution in [1.29, 1.82) is 0 Å². The van der Waals surface area contributed by atoms with Crippen molar-refractivity contribution in [2.75, 3.05) is 0 Å². The van der Waals surface area contributed by atoms with E-state index < -0.39 is 0 Å². The van der Waals surface area contributed by atoms with Gasteiger partial charge in [0.15, 0.2) is 11.3 Å². The van der Waals surface area contributed by atoms with Crippen molar-refractivity contribution >= 4 is 49.9 Å². The molecule has 0 unspecified atom stereocenters. The first-order valence-electron chi connectivity index (χ1n) is 8.81. The molecule has 0 radical (unpaired) electrons. The van der Waals surface area contributed by atoms with E-state index in [-0.39, 0.29) is 0 Å². The van der Waals surface area contributed by atoms with Gasteiger partial charge in [0, 0.05) is 15.1 Å². The average Bonchev–Trinajstić information content (AvgIpc) is 3.05. The van der Waals surface area contributed by atoms with Crippen LogP contribution in [0, 0.1) is 0 Å². The summed E-state index contributed by atoms with van der Waals surface area (Å²) in [5.74, 6) is 0.812. The number of nitrogens with zero attached hydrogens (tertiary/aromatic N) is 4. The molecule has 6 heteroatoms. The molecule has 0 amide bonds. The van der Waals surface area contributed by atoms with Crippen LogP contribution in [0.25, 0.3) is 33.7 Å². The second kappa shape index (κ2) is 7.00. The summed E-state index contributed by atoms with van der Waals surface area (Å²) in [4.78, 5) is 14.4. The van der Waals surface area contributed by atoms with E-state index in [0.29, 0.717) is 12.2 Å². The topological polar surface area (TPSA) is 43.6 Å². The van der Waals surface area contributed by atoms with Gasteiger partial charge in [-0.3, -0.25) is 0 Å². The number of hydrogen-bond acceptors (Lipinski definition) is 3. The van der Waals surface area contributed by atoms with Crippen LogP contribution < -0.4 is 0 Å². The molecule has 3 aromatic carbocycles. The zero-order valence-corrected chi connectivity index (χ0v) is 17.0. The van der Waals surface area contributed by atoms with Crippen molar-refractivity contribution in [3.8, 4) is 11.4 Å². The quantitative estimate of drug-likeness (QED) is 0.334. The highest BCUT2D eigenvalue weighted by Crippen LogP contribution is 2.28. The van der Waals surface area contributed by atoms with Gasteiger partial charge >= 0.3 is 0 Å². The van der Waals surface area contributed by atoms with Gasteiger partial charge in [-0.1, -0.05) is 70.0 Å². The summed E-state index contributed by atoms with van der Waals surface area (Å²) in [5.41, 5.74) is 5.04. The highest BCUT2D eigenvalue weighted by Gasteiger charge is 2.17. The molecule has 0 bridgehead atoms. The highest BCUT2D eigenvalue weighted by atomic mass is 79.9. The SMILES string of the molecule is Clc1ccccc1Cn1c(-c2cccc(Br)c2)nc2nc3ccccc3nc21. The van der Waals surface area contributed by atoms with Crippen molar-refractivity contribution in [3.63, 3.8) is 0 Å². The Labute approximate surface area is 175 Å². The second-order valence-electron chi connectivity index (χ2n) is 6.48. The van der Waals surface area contributed by atoms with Crippen molar-refractivity contribution in [3.05, 3.63) is 87.9 Å². The molecule has 0 aliphatic rings. The molecular weight excluding hydrogens is 436 g/mol. The Morgan fingerprint density at radius 1 is 0.821 bits per heavy atom. The van der Waals surface area contributed by atoms with Crippen molar-refractivity contribution in [1.82, 2.24) is 19.5 Å². The lowest BCUT2D eigenvalue weighted by molar-refractivity contribution is 0.825. The van der Waals surface area contributed by atoms with Gasteiger partial charge in [-0.2, -0.15) is 0 Å². The number of halogens is 2. The predicted molar refractivity (Wildman–Crippen MR) is 117 cm³/mol. The third-order valence-corrected chi connectivity index (χ3v) is 5.49. The zero-order valence-electron chi connectivity index (χ0n) is 14.7. The van der Waals surface area contributed by atoms with Gasteiger partial charge in [-0.25, -0.2) is 15.0 Å². The molecule has 0 atom stereocenters. The number of aromatic nitrogens is 4. The maximum absolute atomic E-state index is 6.43. The summed E-state index contributed by atoms with van der Waals surface area (Å²) in [6.07, 6.45) is 0. The number of imidazole rings is 1. The largest absolute Gasteiger partial charge is 0.303 e. The molecule has 2 heterocycles. The van der Waals surface area contributed by atoms with E-state index in [9.17, 15) is 0 Å². The van der Waals surface area contributed by atoms with Crippen molar-refractivity contribution < 1.29 is 0 Å². The van der Waals surface area contributed by atoms with Crippen LogP contribution in [-0.2, 0) is 6.54 Å². The molecule has 2 aromatic heterocycles. The van der Waals surface area contributed by atoms with Gasteiger partial charge in [0.05, 0.1) is 17.6 Å². The summed E-state index contributed by atoms with van der Waals surface area (Å²) in [6, 6.07) is 23.8. The van der Waals surface area contributed by atoms with E-state index in [1.54, 1.807) is 0 Å². The van der Waals surface area contributed by atoms with Crippen LogP contribution in [0.15, 0.2) is 77.3 Å². The molecule has 28 heavy (non-hydrogen) atoms. The van der Waals surface area contributed by atoms with Crippen LogP contribution in [0.1, 0.15) is 5.56 Å². The summed E-state index contributed by atoms with van der Waals surface area (Å²) < 4.78 is 3.07. The minimum absolute atomic E-state index is 0.561. The van der Waals surface area contributed by atoms with Gasteiger partial charge in [0.2, 0.25) is 0 Å². The molecule has 0 aliphatic heterocycles. The Kier molecular flexibility index (Phi) is 4.34. The fourth-order valence-electron chi connectivity index (χ4n) is 3.29. The molecule has 0 saturated heterocycles. The van der Waals surface area contributed by atoms with Gasteiger partial charge in [-0.15, -0.1) is 0 Å². The Morgan fingerprint density at radius 3 is 2.36 bits per heavy atom. The molecule has 0 aliphatic carbocycles. The van der Waals surface area contributed by atoms with Crippen LogP contribution in [0.5, 0.6) is 0 Å². The van der Waals surface area contributed by atoms with Gasteiger partial charge in [-0.05, 0) is 35.9 Å². The van der Waals surface area contributed by atoms with Gasteiger partial charge < -0.3 is 4.57 Å². The van der Waals surface area contributed by atoms with Crippen LogP contribution in [0.3, 0.4) is 0 Å². The lowest BCUT2D eigenvalue weighted by Crippen LogP contribution is -2.04. The standard InChI is InChI=1S/C22H14BrClN4/c23-16-8-5-7-14(12-16)21-27-20-22(26-19-11-4-3-10-18(19)25-20)28(21)13-15-6-1-2-9-17(15)24/h1-12H,13H2. The smallest absolute Gasteiger partial charge is 0.198 e. The number of para-hydroxylation sites is 2. The number of benzene rings is 3. The Morgan fingerprint density at radius 2 is 1.57 bits per heavy atom. The summed E-state index contributed by atoms with van der Waals surface area (Å²) in [6.45, 7) is 0.561. The molecule has 5 aromatic rings. The van der Waals surface area contributed by atoms with E-state index in [2.05, 4.69) is 20.5 Å². The third-order valence-electron chi connectivity index (χ3n) is 4.63. The first-order chi connectivity index (χ1) is 13.7. The fourth-order valence-corrected chi connectivity index (χ4v) is 3.89. The van der Waals surface area contributed by atoms with Crippen molar-refractivity contribution in [2.24, 2.45) is 0 Å². The maximum atomic E-state index is 6.43. The minimum Gasteiger partial charge on any atom is -0.303 e. The third kappa shape index (κ3) is 3.07. The lowest BCUT2D eigenvalue weighted by atomic mass is 10.2. The number of rotatable bonds is 3. The highest BCUT2D eigenvalue weighted by molar-refractivity contribution is 9.10. The molecule has 0 N–H and O–H groups in total. The van der Waals surface area contributed by atoms with Crippen LogP contribution in [-0.4, -0.2) is 19.5 Å². The zero-order chi connectivity index (χ0) is 19.1. The van der Waals surface area contributed by atoms with Gasteiger partial charge in [0.1, 0.15) is 5.82 Å². The average molecular weight is 450 g/mol. The minimum atomic E-state index is 0.561. The van der Waals surface area contributed by atoms with Crippen LogP contribution in [0.2, 0.25) is 5.02 Å².